The Bertz CT molecular complexity index is 262. The Kier molecular flexibility index (Phi) is 3.88. The molecular weight excluding hydrogens is 168 g/mol. The van der Waals surface area contributed by atoms with Crippen LogP contribution in [0.1, 0.15) is 18.7 Å². The molecule has 0 saturated carbocycles. The Balaban J connectivity index is 2.24. The molecule has 0 unspecified atom stereocenters. The SMILES string of the molecule is COC(=O)CCCc1ncccn1. The van der Waals surface area contributed by atoms with Crippen molar-refractivity contribution in [3.05, 3.63) is 24.3 Å². The van der Waals surface area contributed by atoms with Gasteiger partial charge in [-0.3, -0.25) is 4.79 Å². The molecule has 0 aromatic carbocycles. The Labute approximate surface area is 77.0 Å². The Morgan fingerprint density at radius 1 is 1.46 bits per heavy atom. The van der Waals surface area contributed by atoms with Gasteiger partial charge in [0, 0.05) is 25.2 Å². The van der Waals surface area contributed by atoms with Crippen molar-refractivity contribution in [2.75, 3.05) is 7.11 Å². The Morgan fingerprint density at radius 2 is 2.15 bits per heavy atom. The molecule has 70 valence electrons. The van der Waals surface area contributed by atoms with E-state index in [1.54, 1.807) is 18.5 Å². The van der Waals surface area contributed by atoms with Crippen LogP contribution in [0.15, 0.2) is 18.5 Å². The Morgan fingerprint density at radius 3 is 2.77 bits per heavy atom. The van der Waals surface area contributed by atoms with E-state index in [0.717, 1.165) is 18.7 Å². The van der Waals surface area contributed by atoms with Crippen LogP contribution in [0.5, 0.6) is 0 Å². The highest BCUT2D eigenvalue weighted by atomic mass is 16.5. The zero-order valence-electron chi connectivity index (χ0n) is 7.56. The second kappa shape index (κ2) is 5.24. The number of nitrogens with zero attached hydrogens (tertiary/aromatic N) is 2. The van der Waals surface area contributed by atoms with Gasteiger partial charge in [0.05, 0.1) is 7.11 Å². The molecule has 1 aromatic rings. The number of carbonyl (C=O) groups excluding carboxylic acids is 1. The molecule has 0 radical (unpaired) electrons. The molecule has 1 rings (SSSR count). The molecule has 0 aliphatic carbocycles. The van der Waals surface area contributed by atoms with Gasteiger partial charge in [0.15, 0.2) is 0 Å². The molecule has 1 heterocycles. The average molecular weight is 180 g/mol. The number of aromatic nitrogens is 2. The van der Waals surface area contributed by atoms with E-state index < -0.39 is 0 Å². The van der Waals surface area contributed by atoms with Gasteiger partial charge < -0.3 is 4.74 Å². The second-order valence-electron chi connectivity index (χ2n) is 2.59. The topological polar surface area (TPSA) is 52.1 Å². The summed E-state index contributed by atoms with van der Waals surface area (Å²) in [5.41, 5.74) is 0. The van der Waals surface area contributed by atoms with Crippen LogP contribution in [0.4, 0.5) is 0 Å². The van der Waals surface area contributed by atoms with E-state index in [-0.39, 0.29) is 5.97 Å². The van der Waals surface area contributed by atoms with Gasteiger partial charge in [-0.2, -0.15) is 0 Å². The number of hydrogen-bond donors (Lipinski definition) is 0. The zero-order valence-corrected chi connectivity index (χ0v) is 7.56. The summed E-state index contributed by atoms with van der Waals surface area (Å²) in [6.07, 6.45) is 5.27. The van der Waals surface area contributed by atoms with E-state index >= 15 is 0 Å². The maximum Gasteiger partial charge on any atom is 0.305 e. The van der Waals surface area contributed by atoms with Gasteiger partial charge in [-0.1, -0.05) is 0 Å². The molecule has 0 aliphatic rings. The lowest BCUT2D eigenvalue weighted by molar-refractivity contribution is -0.140. The highest BCUT2D eigenvalue weighted by Gasteiger charge is 2.00. The number of carbonyl (C=O) groups is 1. The monoisotopic (exact) mass is 180 g/mol. The molecule has 0 aliphatic heterocycles. The first-order valence-corrected chi connectivity index (χ1v) is 4.15. The summed E-state index contributed by atoms with van der Waals surface area (Å²) in [4.78, 5) is 18.8. The third-order valence-corrected chi connectivity index (χ3v) is 1.63. The standard InChI is InChI=1S/C9H12N2O2/c1-13-9(12)5-2-4-8-10-6-3-7-11-8/h3,6-7H,2,4-5H2,1H3. The number of esters is 1. The largest absolute Gasteiger partial charge is 0.469 e. The van der Waals surface area contributed by atoms with E-state index in [4.69, 9.17) is 0 Å². The molecule has 0 atom stereocenters. The van der Waals surface area contributed by atoms with Crippen LogP contribution < -0.4 is 0 Å². The highest BCUT2D eigenvalue weighted by Crippen LogP contribution is 1.98. The fraction of sp³-hybridized carbons (Fsp3) is 0.444. The van der Waals surface area contributed by atoms with Crippen molar-refractivity contribution < 1.29 is 9.53 Å². The summed E-state index contributed by atoms with van der Waals surface area (Å²) in [6.45, 7) is 0. The van der Waals surface area contributed by atoms with Gasteiger partial charge in [-0.25, -0.2) is 9.97 Å². The van der Waals surface area contributed by atoms with Gasteiger partial charge in [0.2, 0.25) is 0 Å². The van der Waals surface area contributed by atoms with Gasteiger partial charge in [-0.05, 0) is 12.5 Å². The first kappa shape index (κ1) is 9.64. The van der Waals surface area contributed by atoms with Crippen LogP contribution in [0, 0.1) is 0 Å². The number of aryl methyl sites for hydroxylation is 1. The minimum absolute atomic E-state index is 0.184. The molecule has 0 spiro atoms. The lowest BCUT2D eigenvalue weighted by atomic mass is 10.2. The first-order valence-electron chi connectivity index (χ1n) is 4.15. The average Bonchev–Trinajstić information content (AvgIpc) is 2.19. The van der Waals surface area contributed by atoms with Crippen LogP contribution in [0.2, 0.25) is 0 Å². The van der Waals surface area contributed by atoms with Gasteiger partial charge in [-0.15, -0.1) is 0 Å². The summed E-state index contributed by atoms with van der Waals surface area (Å²) in [6, 6.07) is 1.77. The van der Waals surface area contributed by atoms with Crippen LogP contribution in [0.3, 0.4) is 0 Å². The predicted molar refractivity (Wildman–Crippen MR) is 47.0 cm³/mol. The van der Waals surface area contributed by atoms with Gasteiger partial charge in [0.1, 0.15) is 5.82 Å². The summed E-state index contributed by atoms with van der Waals surface area (Å²) >= 11 is 0. The summed E-state index contributed by atoms with van der Waals surface area (Å²) in [7, 11) is 1.39. The molecule has 0 N–H and O–H groups in total. The molecular formula is C9H12N2O2. The van der Waals surface area contributed by atoms with Crippen molar-refractivity contribution in [3.63, 3.8) is 0 Å². The molecule has 4 heteroatoms. The van der Waals surface area contributed by atoms with E-state index in [1.807, 2.05) is 0 Å². The quantitative estimate of drug-likeness (QED) is 0.648. The Hall–Kier alpha value is -1.45. The second-order valence-corrected chi connectivity index (χ2v) is 2.59. The number of rotatable bonds is 4. The fourth-order valence-corrected chi connectivity index (χ4v) is 0.952. The molecule has 13 heavy (non-hydrogen) atoms. The molecule has 0 amide bonds. The zero-order chi connectivity index (χ0) is 9.52. The minimum Gasteiger partial charge on any atom is -0.469 e. The van der Waals surface area contributed by atoms with Crippen molar-refractivity contribution in [1.29, 1.82) is 0 Å². The molecule has 1 aromatic heterocycles. The van der Waals surface area contributed by atoms with Crippen molar-refractivity contribution in [3.8, 4) is 0 Å². The van der Waals surface area contributed by atoms with E-state index in [9.17, 15) is 4.79 Å². The number of methoxy groups -OCH3 is 1. The molecule has 0 fully saturated rings. The van der Waals surface area contributed by atoms with Crippen molar-refractivity contribution in [2.24, 2.45) is 0 Å². The van der Waals surface area contributed by atoms with Crippen LogP contribution in [0.25, 0.3) is 0 Å². The predicted octanol–water partition coefficient (Wildman–Crippen LogP) is 0.972. The maximum atomic E-state index is 10.7. The lowest BCUT2D eigenvalue weighted by Crippen LogP contribution is -2.01. The summed E-state index contributed by atoms with van der Waals surface area (Å²) in [5.74, 6) is 0.585. The van der Waals surface area contributed by atoms with Crippen molar-refractivity contribution in [2.45, 2.75) is 19.3 Å². The number of ether oxygens (including phenoxy) is 1. The normalized spacial score (nSPS) is 9.62. The number of hydrogen-bond acceptors (Lipinski definition) is 4. The third kappa shape index (κ3) is 3.64. The first-order chi connectivity index (χ1) is 6.33. The van der Waals surface area contributed by atoms with Gasteiger partial charge in [0.25, 0.3) is 0 Å². The minimum atomic E-state index is -0.184. The lowest BCUT2D eigenvalue weighted by Gasteiger charge is -1.98. The van der Waals surface area contributed by atoms with Crippen molar-refractivity contribution >= 4 is 5.97 Å². The van der Waals surface area contributed by atoms with E-state index in [0.29, 0.717) is 6.42 Å². The van der Waals surface area contributed by atoms with Gasteiger partial charge >= 0.3 is 5.97 Å². The molecule has 0 bridgehead atoms. The molecule has 0 saturated heterocycles. The van der Waals surface area contributed by atoms with E-state index in [1.165, 1.54) is 7.11 Å². The van der Waals surface area contributed by atoms with Crippen LogP contribution in [-0.2, 0) is 16.0 Å². The van der Waals surface area contributed by atoms with Crippen molar-refractivity contribution in [1.82, 2.24) is 9.97 Å². The summed E-state index contributed by atoms with van der Waals surface area (Å²) in [5, 5.41) is 0. The fourth-order valence-electron chi connectivity index (χ4n) is 0.952. The molecule has 4 nitrogen and oxygen atoms in total. The van der Waals surface area contributed by atoms with E-state index in [2.05, 4.69) is 14.7 Å². The maximum absolute atomic E-state index is 10.7. The van der Waals surface area contributed by atoms with Crippen LogP contribution >= 0.6 is 0 Å². The third-order valence-electron chi connectivity index (χ3n) is 1.63. The smallest absolute Gasteiger partial charge is 0.305 e. The van der Waals surface area contributed by atoms with Crippen LogP contribution in [-0.4, -0.2) is 23.0 Å². The summed E-state index contributed by atoms with van der Waals surface area (Å²) < 4.78 is 4.51. The highest BCUT2D eigenvalue weighted by molar-refractivity contribution is 5.69.